The van der Waals surface area contributed by atoms with Gasteiger partial charge in [0.05, 0.1) is 6.04 Å². The van der Waals surface area contributed by atoms with Crippen LogP contribution in [0.25, 0.3) is 0 Å². The van der Waals surface area contributed by atoms with E-state index in [9.17, 15) is 19.5 Å². The van der Waals surface area contributed by atoms with Crippen LogP contribution in [0, 0.1) is 5.92 Å². The first kappa shape index (κ1) is 25.9. The van der Waals surface area contributed by atoms with Crippen LogP contribution < -0.4 is 27.8 Å². The van der Waals surface area contributed by atoms with Crippen molar-refractivity contribution in [1.82, 2.24) is 10.6 Å². The van der Waals surface area contributed by atoms with E-state index in [-0.39, 0.29) is 31.3 Å². The van der Waals surface area contributed by atoms with Crippen LogP contribution in [0.1, 0.15) is 38.7 Å². The molecule has 10 heteroatoms. The summed E-state index contributed by atoms with van der Waals surface area (Å²) in [6, 6.07) is 6.07. The molecule has 10 nitrogen and oxygen atoms in total. The summed E-state index contributed by atoms with van der Waals surface area (Å²) in [7, 11) is 0. The molecule has 0 heterocycles. The number of aliphatic imine (C=N–C) groups is 1. The van der Waals surface area contributed by atoms with Gasteiger partial charge < -0.3 is 32.9 Å². The van der Waals surface area contributed by atoms with Crippen molar-refractivity contribution >= 4 is 23.7 Å². The number of hydrogen-bond acceptors (Lipinski definition) is 5. The summed E-state index contributed by atoms with van der Waals surface area (Å²) in [6.45, 7) is 4.03. The minimum atomic E-state index is -1.17. The number of carboxylic acids is 1. The first-order valence-electron chi connectivity index (χ1n) is 10.3. The van der Waals surface area contributed by atoms with Gasteiger partial charge in [-0.3, -0.25) is 14.6 Å². The Morgan fingerprint density at radius 1 is 1.06 bits per heavy atom. The van der Waals surface area contributed by atoms with Gasteiger partial charge in [0, 0.05) is 13.0 Å². The number of rotatable bonds is 13. The highest BCUT2D eigenvalue weighted by Crippen LogP contribution is 2.08. The van der Waals surface area contributed by atoms with Crippen molar-refractivity contribution < 1.29 is 19.5 Å². The smallest absolute Gasteiger partial charge is 0.326 e. The molecule has 31 heavy (non-hydrogen) atoms. The van der Waals surface area contributed by atoms with Crippen molar-refractivity contribution in [2.45, 2.75) is 57.7 Å². The van der Waals surface area contributed by atoms with Crippen molar-refractivity contribution in [3.63, 3.8) is 0 Å². The molecule has 2 amide bonds. The number of benzene rings is 1. The Bertz CT molecular complexity index is 751. The Morgan fingerprint density at radius 3 is 2.23 bits per heavy atom. The third kappa shape index (κ3) is 9.47. The number of carboxylic acid groups (broad SMARTS) is 1. The van der Waals surface area contributed by atoms with Crippen LogP contribution >= 0.6 is 0 Å². The van der Waals surface area contributed by atoms with Gasteiger partial charge >= 0.3 is 5.97 Å². The fourth-order valence-corrected chi connectivity index (χ4v) is 2.87. The monoisotopic (exact) mass is 434 g/mol. The topological polar surface area (TPSA) is 186 Å². The van der Waals surface area contributed by atoms with E-state index in [1.807, 2.05) is 19.9 Å². The molecule has 1 aromatic rings. The molecule has 0 unspecified atom stereocenters. The number of guanidine groups is 1. The standard InChI is InChI=1S/C21H34N6O4/c1-3-13(2)17(22)19(29)26-15(10-7-11-25-21(23)24)18(28)27-16(20(30)31)12-14-8-5-4-6-9-14/h4-6,8-9,13,15-17H,3,7,10-12,22H2,1-2H3,(H,26,29)(H,27,28)(H,30,31)(H4,23,24,25)/t13-,15-,16-,17-/m0/s1. The first-order chi connectivity index (χ1) is 14.6. The van der Waals surface area contributed by atoms with Gasteiger partial charge in [-0.05, 0) is 24.3 Å². The maximum atomic E-state index is 12.9. The highest BCUT2D eigenvalue weighted by molar-refractivity contribution is 5.91. The lowest BCUT2D eigenvalue weighted by atomic mass is 9.98. The number of carbonyl (C=O) groups excluding carboxylic acids is 2. The normalized spacial score (nSPS) is 14.5. The number of aliphatic carboxylic acids is 1. The second-order valence-corrected chi connectivity index (χ2v) is 7.51. The van der Waals surface area contributed by atoms with Crippen LogP contribution in [-0.2, 0) is 20.8 Å². The van der Waals surface area contributed by atoms with Gasteiger partial charge in [0.25, 0.3) is 0 Å². The zero-order chi connectivity index (χ0) is 23.4. The second kappa shape index (κ2) is 13.2. The van der Waals surface area contributed by atoms with Crippen LogP contribution in [0.3, 0.4) is 0 Å². The summed E-state index contributed by atoms with van der Waals surface area (Å²) in [5, 5.41) is 14.7. The number of nitrogens with two attached hydrogens (primary N) is 3. The molecular weight excluding hydrogens is 400 g/mol. The molecule has 0 aliphatic carbocycles. The van der Waals surface area contributed by atoms with Gasteiger partial charge in [0.1, 0.15) is 12.1 Å². The molecule has 0 bridgehead atoms. The van der Waals surface area contributed by atoms with E-state index in [0.29, 0.717) is 12.8 Å². The molecule has 9 N–H and O–H groups in total. The highest BCUT2D eigenvalue weighted by atomic mass is 16.4. The third-order valence-electron chi connectivity index (χ3n) is 5.04. The number of carbonyl (C=O) groups is 3. The van der Waals surface area contributed by atoms with Crippen molar-refractivity contribution in [2.24, 2.45) is 28.1 Å². The van der Waals surface area contributed by atoms with Gasteiger partial charge in [-0.25, -0.2) is 4.79 Å². The number of nitrogens with one attached hydrogen (secondary N) is 2. The fraction of sp³-hybridized carbons (Fsp3) is 0.524. The summed E-state index contributed by atoms with van der Waals surface area (Å²) < 4.78 is 0. The minimum absolute atomic E-state index is 0.0716. The molecule has 0 aliphatic rings. The Morgan fingerprint density at radius 2 is 1.68 bits per heavy atom. The van der Waals surface area contributed by atoms with E-state index < -0.39 is 35.9 Å². The molecule has 1 rings (SSSR count). The van der Waals surface area contributed by atoms with Crippen molar-refractivity contribution in [3.05, 3.63) is 35.9 Å². The molecule has 0 radical (unpaired) electrons. The summed E-state index contributed by atoms with van der Waals surface area (Å²) in [6.07, 6.45) is 1.45. The largest absolute Gasteiger partial charge is 0.480 e. The molecule has 4 atom stereocenters. The number of hydrogen-bond donors (Lipinski definition) is 6. The molecule has 0 fully saturated rings. The van der Waals surface area contributed by atoms with Gasteiger partial charge in [-0.1, -0.05) is 50.6 Å². The Hall–Kier alpha value is -3.14. The second-order valence-electron chi connectivity index (χ2n) is 7.51. The minimum Gasteiger partial charge on any atom is -0.480 e. The zero-order valence-corrected chi connectivity index (χ0v) is 18.1. The summed E-state index contributed by atoms with van der Waals surface area (Å²) >= 11 is 0. The third-order valence-corrected chi connectivity index (χ3v) is 5.04. The van der Waals surface area contributed by atoms with Crippen LogP contribution in [0.5, 0.6) is 0 Å². The molecule has 0 saturated heterocycles. The van der Waals surface area contributed by atoms with Crippen LogP contribution in [-0.4, -0.2) is 53.5 Å². The van der Waals surface area contributed by atoms with E-state index in [0.717, 1.165) is 5.56 Å². The molecule has 0 aliphatic heterocycles. The molecule has 0 saturated carbocycles. The van der Waals surface area contributed by atoms with E-state index in [4.69, 9.17) is 17.2 Å². The van der Waals surface area contributed by atoms with Crippen LogP contribution in [0.15, 0.2) is 35.3 Å². The predicted octanol–water partition coefficient (Wildman–Crippen LogP) is -0.290. The maximum absolute atomic E-state index is 12.9. The maximum Gasteiger partial charge on any atom is 0.326 e. The summed E-state index contributed by atoms with van der Waals surface area (Å²) in [5.41, 5.74) is 17.4. The zero-order valence-electron chi connectivity index (χ0n) is 18.1. The lowest BCUT2D eigenvalue weighted by molar-refractivity contribution is -0.142. The summed E-state index contributed by atoms with van der Waals surface area (Å²) in [4.78, 5) is 40.9. The van der Waals surface area contributed by atoms with Gasteiger partial charge in [0.15, 0.2) is 5.96 Å². The lowest BCUT2D eigenvalue weighted by Crippen LogP contribution is -2.55. The van der Waals surface area contributed by atoms with Gasteiger partial charge in [0.2, 0.25) is 11.8 Å². The fourth-order valence-electron chi connectivity index (χ4n) is 2.87. The molecule has 1 aromatic carbocycles. The van der Waals surface area contributed by atoms with E-state index in [2.05, 4.69) is 15.6 Å². The number of amides is 2. The first-order valence-corrected chi connectivity index (χ1v) is 10.3. The van der Waals surface area contributed by atoms with Crippen molar-refractivity contribution in [1.29, 1.82) is 0 Å². The van der Waals surface area contributed by atoms with E-state index in [1.165, 1.54) is 0 Å². The van der Waals surface area contributed by atoms with Crippen LogP contribution in [0.2, 0.25) is 0 Å². The van der Waals surface area contributed by atoms with Crippen LogP contribution in [0.4, 0.5) is 0 Å². The van der Waals surface area contributed by atoms with Crippen molar-refractivity contribution in [3.8, 4) is 0 Å². The number of nitrogens with zero attached hydrogens (tertiary/aromatic N) is 1. The predicted molar refractivity (Wildman–Crippen MR) is 119 cm³/mol. The van der Waals surface area contributed by atoms with Gasteiger partial charge in [-0.2, -0.15) is 0 Å². The van der Waals surface area contributed by atoms with E-state index >= 15 is 0 Å². The average Bonchev–Trinajstić information content (AvgIpc) is 2.74. The highest BCUT2D eigenvalue weighted by Gasteiger charge is 2.29. The van der Waals surface area contributed by atoms with Crippen molar-refractivity contribution in [2.75, 3.05) is 6.54 Å². The average molecular weight is 435 g/mol. The lowest BCUT2D eigenvalue weighted by Gasteiger charge is -2.24. The SMILES string of the molecule is CC[C@H](C)[C@H](N)C(=O)N[C@@H](CCCN=C(N)N)C(=O)N[C@@H](Cc1ccccc1)C(=O)O. The molecule has 172 valence electrons. The Kier molecular flexibility index (Phi) is 11.0. The Balaban J connectivity index is 2.89. The molecular formula is C21H34N6O4. The molecule has 0 spiro atoms. The Labute approximate surface area is 182 Å². The molecule has 0 aromatic heterocycles. The quantitative estimate of drug-likeness (QED) is 0.140. The van der Waals surface area contributed by atoms with Gasteiger partial charge in [-0.15, -0.1) is 0 Å². The summed E-state index contributed by atoms with van der Waals surface area (Å²) in [5.74, 6) is -2.38. The van der Waals surface area contributed by atoms with E-state index in [1.54, 1.807) is 24.3 Å².